The monoisotopic (exact) mass is 856 g/mol. The van der Waals surface area contributed by atoms with E-state index in [0.717, 1.165) is 40.6 Å². The third-order valence-corrected chi connectivity index (χ3v) is 9.27. The van der Waals surface area contributed by atoms with Gasteiger partial charge in [-0.05, 0) is 98.1 Å². The Morgan fingerprint density at radius 3 is 1.65 bits per heavy atom. The van der Waals surface area contributed by atoms with Crippen LogP contribution in [0.25, 0.3) is 31.5 Å². The quantitative estimate of drug-likeness (QED) is 0.0987. The Kier molecular flexibility index (Phi) is 13.2. The lowest BCUT2D eigenvalue weighted by atomic mass is 9.92. The maximum Gasteiger partial charge on any atom is 0.407 e. The van der Waals surface area contributed by atoms with E-state index in [1.807, 2.05) is 6.07 Å². The normalized spacial score (nSPS) is 11.8. The smallest absolute Gasteiger partial charge is 0.361 e. The SMILES string of the molecule is Fc1ccc2cc[nH]c2c1.[C-]#[N+]c1ccc(CC(=O)C(C)(C)Br)cc1C(F)(F)F.[C-]#[N+]c1ccc(CC(=O)C(C)(C)n2ccc3ccc(F)cc32)cc1C(F)(F)F. The summed E-state index contributed by atoms with van der Waals surface area (Å²) >= 11 is 3.17. The molecule has 6 nitrogen and oxygen atoms in total. The Balaban J connectivity index is 0.000000212. The second-order valence-electron chi connectivity index (χ2n) is 13.8. The minimum absolute atomic E-state index is 0.111. The first kappa shape index (κ1) is 43.9. The number of nitrogens with one attached hydrogen (secondary N) is 1. The van der Waals surface area contributed by atoms with Crippen LogP contribution < -0.4 is 0 Å². The Morgan fingerprint density at radius 1 is 0.667 bits per heavy atom. The van der Waals surface area contributed by atoms with Crippen LogP contribution in [-0.4, -0.2) is 25.4 Å². The number of aromatic amines is 1. The summed E-state index contributed by atoms with van der Waals surface area (Å²) in [7, 11) is 0. The molecule has 0 radical (unpaired) electrons. The molecule has 0 bridgehead atoms. The van der Waals surface area contributed by atoms with Crippen LogP contribution in [0, 0.1) is 24.8 Å². The number of fused-ring (bicyclic) bond motifs is 2. The predicted octanol–water partition coefficient (Wildman–Crippen LogP) is 12.7. The van der Waals surface area contributed by atoms with Gasteiger partial charge >= 0.3 is 12.4 Å². The lowest BCUT2D eigenvalue weighted by Gasteiger charge is -2.27. The van der Waals surface area contributed by atoms with Crippen LogP contribution in [-0.2, 0) is 40.3 Å². The number of Topliss-reactive ketones (excluding diaryl/α,β-unsaturated/α-hetero) is 2. The number of hydrogen-bond acceptors (Lipinski definition) is 2. The van der Waals surface area contributed by atoms with E-state index in [1.165, 1.54) is 36.4 Å². The highest BCUT2D eigenvalue weighted by atomic mass is 79.9. The van der Waals surface area contributed by atoms with E-state index in [0.29, 0.717) is 5.52 Å². The van der Waals surface area contributed by atoms with E-state index in [1.54, 1.807) is 62.9 Å². The number of benzene rings is 4. The molecule has 6 rings (SSSR count). The molecular formula is C42H33BrF8N4O2. The van der Waals surface area contributed by atoms with Crippen molar-refractivity contribution in [1.82, 2.24) is 9.55 Å². The zero-order valence-corrected chi connectivity index (χ0v) is 32.3. The second-order valence-corrected chi connectivity index (χ2v) is 15.7. The van der Waals surface area contributed by atoms with Crippen LogP contribution in [0.4, 0.5) is 46.5 Å². The van der Waals surface area contributed by atoms with Gasteiger partial charge in [0.15, 0.2) is 22.9 Å². The van der Waals surface area contributed by atoms with Gasteiger partial charge in [-0.25, -0.2) is 18.5 Å². The van der Waals surface area contributed by atoms with E-state index < -0.39 is 50.5 Å². The van der Waals surface area contributed by atoms with Crippen molar-refractivity contribution in [1.29, 1.82) is 0 Å². The molecular weight excluding hydrogens is 824 g/mol. The zero-order valence-electron chi connectivity index (χ0n) is 30.7. The van der Waals surface area contributed by atoms with Gasteiger partial charge in [0.25, 0.3) is 0 Å². The van der Waals surface area contributed by atoms with Crippen LogP contribution in [0.15, 0.2) is 97.3 Å². The second kappa shape index (κ2) is 17.1. The Hall–Kier alpha value is -5.80. The average Bonchev–Trinajstić information content (AvgIpc) is 3.78. The first-order valence-corrected chi connectivity index (χ1v) is 17.7. The molecule has 0 saturated carbocycles. The lowest BCUT2D eigenvalue weighted by Crippen LogP contribution is -2.36. The molecule has 296 valence electrons. The number of aromatic nitrogens is 2. The van der Waals surface area contributed by atoms with E-state index in [2.05, 4.69) is 30.6 Å². The highest BCUT2D eigenvalue weighted by Crippen LogP contribution is 2.39. The van der Waals surface area contributed by atoms with Crippen LogP contribution in [0.3, 0.4) is 0 Å². The molecule has 0 atom stereocenters. The maximum atomic E-state index is 13.6. The minimum atomic E-state index is -4.68. The molecule has 15 heteroatoms. The van der Waals surface area contributed by atoms with Crippen LogP contribution in [0.5, 0.6) is 0 Å². The largest absolute Gasteiger partial charge is 0.407 e. The zero-order chi connectivity index (χ0) is 42.5. The highest BCUT2D eigenvalue weighted by molar-refractivity contribution is 9.10. The van der Waals surface area contributed by atoms with Crippen molar-refractivity contribution in [3.63, 3.8) is 0 Å². The van der Waals surface area contributed by atoms with Crippen molar-refractivity contribution < 1.29 is 44.7 Å². The number of carbonyl (C=O) groups is 2. The highest BCUT2D eigenvalue weighted by Gasteiger charge is 2.36. The van der Waals surface area contributed by atoms with Gasteiger partial charge in [-0.15, -0.1) is 0 Å². The Labute approximate surface area is 330 Å². The van der Waals surface area contributed by atoms with Gasteiger partial charge in [0.1, 0.15) is 11.6 Å². The molecule has 0 aliphatic carbocycles. The number of carbonyl (C=O) groups excluding carboxylic acids is 2. The molecule has 6 aromatic rings. The predicted molar refractivity (Wildman–Crippen MR) is 205 cm³/mol. The van der Waals surface area contributed by atoms with E-state index >= 15 is 0 Å². The van der Waals surface area contributed by atoms with Gasteiger partial charge in [0, 0.05) is 30.8 Å². The van der Waals surface area contributed by atoms with Gasteiger partial charge in [0.05, 0.1) is 39.7 Å². The van der Waals surface area contributed by atoms with Crippen molar-refractivity contribution in [2.45, 2.75) is 62.8 Å². The topological polar surface area (TPSA) is 63.6 Å². The average molecular weight is 858 g/mol. The number of halogens is 9. The van der Waals surface area contributed by atoms with Crippen molar-refractivity contribution in [2.24, 2.45) is 0 Å². The molecule has 2 aromatic heterocycles. The summed E-state index contributed by atoms with van der Waals surface area (Å²) in [5, 5.41) is 1.80. The molecule has 0 fully saturated rings. The third-order valence-electron chi connectivity index (χ3n) is 8.82. The third kappa shape index (κ3) is 11.0. The summed E-state index contributed by atoms with van der Waals surface area (Å²) in [6.45, 7) is 20.2. The fourth-order valence-electron chi connectivity index (χ4n) is 5.58. The van der Waals surface area contributed by atoms with Gasteiger partial charge in [-0.2, -0.15) is 26.3 Å². The Bertz CT molecular complexity index is 2510. The number of hydrogen-bond donors (Lipinski definition) is 1. The van der Waals surface area contributed by atoms with Crippen LogP contribution in [0.2, 0.25) is 0 Å². The summed E-state index contributed by atoms with van der Waals surface area (Å²) in [5.41, 5.74) is -2.34. The molecule has 4 aromatic carbocycles. The summed E-state index contributed by atoms with van der Waals surface area (Å²) in [4.78, 5) is 33.3. The molecule has 0 unspecified atom stereocenters. The fourth-order valence-corrected chi connectivity index (χ4v) is 5.72. The van der Waals surface area contributed by atoms with Gasteiger partial charge < -0.3 is 9.55 Å². The van der Waals surface area contributed by atoms with Crippen molar-refractivity contribution in [3.8, 4) is 0 Å². The molecule has 0 aliphatic heterocycles. The van der Waals surface area contributed by atoms with Crippen molar-refractivity contribution >= 4 is 60.7 Å². The van der Waals surface area contributed by atoms with Crippen LogP contribution >= 0.6 is 15.9 Å². The fraction of sp³-hybridized carbons (Fsp3) is 0.238. The number of alkyl halides is 7. The number of nitrogens with zero attached hydrogens (tertiary/aromatic N) is 3. The van der Waals surface area contributed by atoms with Crippen LogP contribution in [0.1, 0.15) is 49.9 Å². The summed E-state index contributed by atoms with van der Waals surface area (Å²) in [6, 6.07) is 19.2. The molecule has 2 heterocycles. The summed E-state index contributed by atoms with van der Waals surface area (Å²) < 4.78 is 105. The number of H-pyrrole nitrogens is 1. The molecule has 0 spiro atoms. The first-order chi connectivity index (χ1) is 26.4. The molecule has 57 heavy (non-hydrogen) atoms. The molecule has 0 amide bonds. The molecule has 1 N–H and O–H groups in total. The maximum absolute atomic E-state index is 13.6. The summed E-state index contributed by atoms with van der Waals surface area (Å²) in [5.74, 6) is -1.20. The molecule has 0 aliphatic rings. The van der Waals surface area contributed by atoms with Gasteiger partial charge in [-0.1, -0.05) is 52.3 Å². The number of ketones is 2. The van der Waals surface area contributed by atoms with E-state index in [4.69, 9.17) is 13.1 Å². The lowest BCUT2D eigenvalue weighted by molar-refractivity contribution is -0.137. The van der Waals surface area contributed by atoms with E-state index in [-0.39, 0.29) is 41.4 Å². The molecule has 0 saturated heterocycles. The van der Waals surface area contributed by atoms with E-state index in [9.17, 15) is 44.7 Å². The standard InChI is InChI=1S/C21H16F4N2O.C13H11BrF3NO.C8H6FN/c1-20(2,27-9-8-14-5-6-15(22)12-18(14)27)19(28)11-13-4-7-17(26-3)16(10-13)21(23,24)25;1-12(2,14)11(19)7-8-4-5-10(18-3)9(6-8)13(15,16)17;9-7-2-1-6-3-4-10-8(6)5-7/h4-10,12H,11H2,1-2H3;4-6H,7H2,1-2H3;1-5,10H. The van der Waals surface area contributed by atoms with Crippen molar-refractivity contribution in [2.75, 3.05) is 0 Å². The first-order valence-electron chi connectivity index (χ1n) is 16.9. The number of rotatable bonds is 7. The van der Waals surface area contributed by atoms with Crippen molar-refractivity contribution in [3.05, 3.63) is 154 Å². The van der Waals surface area contributed by atoms with Gasteiger partial charge in [-0.3, -0.25) is 9.59 Å². The van der Waals surface area contributed by atoms with Gasteiger partial charge in [0.2, 0.25) is 0 Å². The Morgan fingerprint density at radius 2 is 1.16 bits per heavy atom. The minimum Gasteiger partial charge on any atom is -0.361 e. The summed E-state index contributed by atoms with van der Waals surface area (Å²) in [6.07, 6.45) is -6.18.